The molecule has 7 heteroatoms. The van der Waals surface area contributed by atoms with E-state index < -0.39 is 11.2 Å². The van der Waals surface area contributed by atoms with Gasteiger partial charge in [0.25, 0.3) is 0 Å². The molecule has 0 aromatic heterocycles. The summed E-state index contributed by atoms with van der Waals surface area (Å²) in [6.07, 6.45) is 11.3. The van der Waals surface area contributed by atoms with E-state index in [1.54, 1.807) is 14.2 Å². The largest absolute Gasteiger partial charge is 0.501 e. The first kappa shape index (κ1) is 38.8. The molecule has 2 atom stereocenters. The standard InChI is InChI=1S/C47H44O7.C2H6/c1-31-11-21-38-41(29-31)45-40(23-24-46(54-45,33-13-17-36(49-3)18-14-33)34-15-19-37(50-4)20-16-34)44-43(38)39-22-12-32(2)30-42(39)47(44,35-9-6-5-7-10-35)51-27-28-53-52-26-8-25-48;1-2/h5-7,9-15,17-19,21-25,29-30H,8,16,20,26-28H2,1-4H3;1-2H3. The first-order valence-electron chi connectivity index (χ1n) is 19.5. The molecule has 0 fully saturated rings. The summed E-state index contributed by atoms with van der Waals surface area (Å²) in [5, 5.41) is 2.13. The van der Waals surface area contributed by atoms with Gasteiger partial charge in [0.1, 0.15) is 30.0 Å². The molecule has 2 aliphatic carbocycles. The highest BCUT2D eigenvalue weighted by atomic mass is 17.2. The Morgan fingerprint density at radius 3 is 2.21 bits per heavy atom. The third-order valence-electron chi connectivity index (χ3n) is 10.8. The van der Waals surface area contributed by atoms with Crippen LogP contribution in [0, 0.1) is 13.8 Å². The predicted molar refractivity (Wildman–Crippen MR) is 222 cm³/mol. The number of methoxy groups -OCH3 is 2. The highest BCUT2D eigenvalue weighted by Crippen LogP contribution is 2.61. The van der Waals surface area contributed by atoms with Gasteiger partial charge in [-0.05, 0) is 78.3 Å². The lowest BCUT2D eigenvalue weighted by molar-refractivity contribution is -0.300. The smallest absolute Gasteiger partial charge is 0.174 e. The number of rotatable bonds is 13. The average molecular weight is 751 g/mol. The molecule has 5 aromatic carbocycles. The summed E-state index contributed by atoms with van der Waals surface area (Å²) in [4.78, 5) is 21.6. The quantitative estimate of drug-likeness (QED) is 0.0513. The van der Waals surface area contributed by atoms with E-state index in [-0.39, 0.29) is 26.2 Å². The Kier molecular flexibility index (Phi) is 11.6. The molecule has 0 bridgehead atoms. The van der Waals surface area contributed by atoms with Crippen molar-refractivity contribution in [3.8, 4) is 22.6 Å². The Morgan fingerprint density at radius 2 is 1.50 bits per heavy atom. The van der Waals surface area contributed by atoms with E-state index in [4.69, 9.17) is 28.7 Å². The van der Waals surface area contributed by atoms with Crippen LogP contribution in [0.4, 0.5) is 0 Å². The molecule has 2 unspecified atom stereocenters. The van der Waals surface area contributed by atoms with Gasteiger partial charge in [-0.2, -0.15) is 0 Å². The van der Waals surface area contributed by atoms with Crippen molar-refractivity contribution in [2.45, 2.75) is 58.2 Å². The van der Waals surface area contributed by atoms with Gasteiger partial charge < -0.3 is 23.7 Å². The van der Waals surface area contributed by atoms with Gasteiger partial charge in [0.2, 0.25) is 0 Å². The topological polar surface area (TPSA) is 72.5 Å². The van der Waals surface area contributed by atoms with Crippen LogP contribution in [0.15, 0.2) is 121 Å². The second-order valence-electron chi connectivity index (χ2n) is 14.0. The van der Waals surface area contributed by atoms with E-state index in [1.165, 1.54) is 0 Å². The van der Waals surface area contributed by atoms with Crippen LogP contribution in [-0.2, 0) is 35.2 Å². The van der Waals surface area contributed by atoms with Gasteiger partial charge in [0, 0.05) is 40.5 Å². The molecule has 0 saturated carbocycles. The molecule has 8 rings (SSSR count). The molecule has 0 spiro atoms. The number of ether oxygens (including phenoxy) is 4. The number of allylic oxidation sites excluding steroid dienone is 3. The minimum Gasteiger partial charge on any atom is -0.501 e. The van der Waals surface area contributed by atoms with Crippen LogP contribution in [0.25, 0.3) is 28.0 Å². The number of hydrogen-bond acceptors (Lipinski definition) is 7. The second-order valence-corrected chi connectivity index (χ2v) is 14.0. The van der Waals surface area contributed by atoms with Crippen molar-refractivity contribution < 1.29 is 33.5 Å². The van der Waals surface area contributed by atoms with Gasteiger partial charge in [0.05, 0.1) is 33.2 Å². The Balaban J connectivity index is 0.00000237. The molecule has 0 amide bonds. The molecule has 3 aliphatic rings. The Morgan fingerprint density at radius 1 is 0.750 bits per heavy atom. The summed E-state index contributed by atoms with van der Waals surface area (Å²) in [6, 6.07) is 31.9. The third-order valence-corrected chi connectivity index (χ3v) is 10.8. The molecular formula is C49H50O7. The maximum atomic E-state index is 10.8. The first-order valence-corrected chi connectivity index (χ1v) is 19.5. The van der Waals surface area contributed by atoms with Crippen molar-refractivity contribution >= 4 is 23.1 Å². The van der Waals surface area contributed by atoms with Gasteiger partial charge in [0.15, 0.2) is 5.60 Å². The van der Waals surface area contributed by atoms with Crippen LogP contribution in [0.5, 0.6) is 11.5 Å². The Bertz CT molecular complexity index is 2300. The number of hydrogen-bond donors (Lipinski definition) is 0. The number of carbonyl (C=O) groups is 1. The SMILES string of the molecule is CC.COC1=CC=C(C2(c3ccc(OC)cc3)C=Cc3c4c(c5ccc(C)cc5c3O2)-c2ccc(C)cc2C4(OCCOOCCC=O)c2ccccc2)CC1. The Hall–Kier alpha value is -5.47. The summed E-state index contributed by atoms with van der Waals surface area (Å²) < 4.78 is 26.0. The predicted octanol–water partition coefficient (Wildman–Crippen LogP) is 10.9. The zero-order valence-electron chi connectivity index (χ0n) is 33.1. The van der Waals surface area contributed by atoms with Crippen LogP contribution in [0.2, 0.25) is 0 Å². The van der Waals surface area contributed by atoms with Crippen LogP contribution >= 0.6 is 0 Å². The lowest BCUT2D eigenvalue weighted by Gasteiger charge is -2.41. The second kappa shape index (κ2) is 16.7. The van der Waals surface area contributed by atoms with Crippen molar-refractivity contribution in [2.75, 3.05) is 34.0 Å². The van der Waals surface area contributed by atoms with Gasteiger partial charge in [-0.1, -0.05) is 110 Å². The first-order chi connectivity index (χ1) is 27.4. The molecule has 0 saturated heterocycles. The summed E-state index contributed by atoms with van der Waals surface area (Å²) >= 11 is 0. The van der Waals surface area contributed by atoms with Crippen molar-refractivity contribution in [2.24, 2.45) is 0 Å². The molecular weight excluding hydrogens is 701 g/mol. The molecule has 0 radical (unpaired) electrons. The fraction of sp³-hybridized carbons (Fsp3) is 0.286. The number of aldehydes is 1. The normalized spacial score (nSPS) is 19.0. The highest BCUT2D eigenvalue weighted by molar-refractivity contribution is 6.09. The molecule has 1 aliphatic heterocycles. The van der Waals surface area contributed by atoms with Crippen LogP contribution in [-0.4, -0.2) is 40.3 Å². The monoisotopic (exact) mass is 750 g/mol. The van der Waals surface area contributed by atoms with Crippen molar-refractivity contribution in [1.29, 1.82) is 0 Å². The number of fused-ring (bicyclic) bond motifs is 8. The minimum absolute atomic E-state index is 0.178. The molecule has 5 aromatic rings. The fourth-order valence-corrected chi connectivity index (χ4v) is 8.30. The third kappa shape index (κ3) is 6.74. The maximum absolute atomic E-state index is 10.8. The Labute approximate surface area is 330 Å². The number of benzene rings is 5. The number of aryl methyl sites for hydroxylation is 2. The van der Waals surface area contributed by atoms with E-state index in [0.717, 1.165) is 103 Å². The molecule has 56 heavy (non-hydrogen) atoms. The number of carbonyl (C=O) groups excluding carboxylic acids is 1. The maximum Gasteiger partial charge on any atom is 0.174 e. The minimum atomic E-state index is -1.01. The molecule has 0 N–H and O–H groups in total. The van der Waals surface area contributed by atoms with Crippen LogP contribution < -0.4 is 9.47 Å². The summed E-state index contributed by atoms with van der Waals surface area (Å²) in [5.74, 6) is 2.52. The summed E-state index contributed by atoms with van der Waals surface area (Å²) in [5.41, 5.74) is 8.80. The van der Waals surface area contributed by atoms with Gasteiger partial charge in [-0.25, -0.2) is 9.78 Å². The zero-order chi connectivity index (χ0) is 39.3. The van der Waals surface area contributed by atoms with E-state index in [0.29, 0.717) is 0 Å². The van der Waals surface area contributed by atoms with E-state index in [9.17, 15) is 4.79 Å². The van der Waals surface area contributed by atoms with E-state index >= 15 is 0 Å². The molecule has 288 valence electrons. The molecule has 7 nitrogen and oxygen atoms in total. The van der Waals surface area contributed by atoms with Gasteiger partial charge in [-0.3, -0.25) is 0 Å². The van der Waals surface area contributed by atoms with Crippen LogP contribution in [0.1, 0.15) is 72.1 Å². The summed E-state index contributed by atoms with van der Waals surface area (Å²) in [7, 11) is 3.40. The van der Waals surface area contributed by atoms with E-state index in [1.807, 2.05) is 32.0 Å². The van der Waals surface area contributed by atoms with Crippen molar-refractivity contribution in [1.82, 2.24) is 0 Å². The molecule has 1 heterocycles. The lowest BCUT2D eigenvalue weighted by atomic mass is 9.76. The summed E-state index contributed by atoms with van der Waals surface area (Å²) in [6.45, 7) is 8.84. The van der Waals surface area contributed by atoms with Gasteiger partial charge in [-0.15, -0.1) is 0 Å². The average Bonchev–Trinajstić information content (AvgIpc) is 3.54. The zero-order valence-corrected chi connectivity index (χ0v) is 33.1. The fourth-order valence-electron chi connectivity index (χ4n) is 8.30. The van der Waals surface area contributed by atoms with Crippen LogP contribution in [0.3, 0.4) is 0 Å². The van der Waals surface area contributed by atoms with Crippen molar-refractivity contribution in [3.63, 3.8) is 0 Å². The highest BCUT2D eigenvalue weighted by Gasteiger charge is 2.51. The van der Waals surface area contributed by atoms with Gasteiger partial charge >= 0.3 is 0 Å². The van der Waals surface area contributed by atoms with Crippen molar-refractivity contribution in [3.05, 3.63) is 159 Å². The van der Waals surface area contributed by atoms with E-state index in [2.05, 4.69) is 111 Å². The lowest BCUT2D eigenvalue weighted by Crippen LogP contribution is -2.37.